The summed E-state index contributed by atoms with van der Waals surface area (Å²) in [6, 6.07) is 4.78. The summed E-state index contributed by atoms with van der Waals surface area (Å²) in [6.45, 7) is 7.85. The van der Waals surface area contributed by atoms with Crippen LogP contribution in [0.2, 0.25) is 0 Å². The van der Waals surface area contributed by atoms with Crippen molar-refractivity contribution in [3.8, 4) is 0 Å². The van der Waals surface area contributed by atoms with E-state index in [2.05, 4.69) is 0 Å². The van der Waals surface area contributed by atoms with Crippen LogP contribution in [0.4, 0.5) is 13.2 Å². The molecule has 1 aromatic rings. The Morgan fingerprint density at radius 3 is 2.09 bits per heavy atom. The molecule has 1 rings (SSSR count). The molecule has 3 nitrogen and oxygen atoms in total. The molecular formula is C15H22F3NO2S. The van der Waals surface area contributed by atoms with Gasteiger partial charge in [-0.15, -0.1) is 0 Å². The summed E-state index contributed by atoms with van der Waals surface area (Å²) in [6.07, 6.45) is -4.59. The molecule has 7 heteroatoms. The van der Waals surface area contributed by atoms with Crippen LogP contribution in [0, 0.1) is 0 Å². The molecule has 126 valence electrons. The Morgan fingerprint density at radius 2 is 1.68 bits per heavy atom. The second kappa shape index (κ2) is 6.20. The zero-order valence-electron chi connectivity index (χ0n) is 13.4. The number of rotatable bonds is 4. The summed E-state index contributed by atoms with van der Waals surface area (Å²) in [4.78, 5) is -0.103. The van der Waals surface area contributed by atoms with Crippen LogP contribution in [0.15, 0.2) is 23.1 Å². The molecule has 0 saturated carbocycles. The molecular weight excluding hydrogens is 315 g/mol. The first-order valence-electron chi connectivity index (χ1n) is 6.95. The van der Waals surface area contributed by atoms with Gasteiger partial charge in [0.15, 0.2) is 0 Å². The van der Waals surface area contributed by atoms with E-state index in [0.29, 0.717) is 5.56 Å². The first-order chi connectivity index (χ1) is 9.74. The van der Waals surface area contributed by atoms with E-state index in [-0.39, 0.29) is 10.8 Å². The monoisotopic (exact) mass is 337 g/mol. The van der Waals surface area contributed by atoms with Crippen LogP contribution in [0.5, 0.6) is 0 Å². The van der Waals surface area contributed by atoms with Crippen LogP contribution in [-0.2, 0) is 15.4 Å². The third kappa shape index (κ3) is 4.98. The number of nitrogens with one attached hydrogen (secondary N) is 1. The average molecular weight is 337 g/mol. The minimum absolute atomic E-state index is 0.103. The van der Waals surface area contributed by atoms with Gasteiger partial charge in [0.05, 0.1) is 4.90 Å². The smallest absolute Gasteiger partial charge is 0.207 e. The number of alkyl halides is 3. The standard InChI is InChI=1S/C15H22F3NO2S/c1-10(2)11-6-7-13(12(8-11)14(3,4)5)22(20,21)19-9-15(16,17)18/h6-8,10,19H,9H2,1-5H3. The topological polar surface area (TPSA) is 46.2 Å². The van der Waals surface area contributed by atoms with Gasteiger partial charge in [0, 0.05) is 0 Å². The highest BCUT2D eigenvalue weighted by Gasteiger charge is 2.32. The van der Waals surface area contributed by atoms with Crippen molar-refractivity contribution >= 4 is 10.0 Å². The summed E-state index contributed by atoms with van der Waals surface area (Å²) >= 11 is 0. The fraction of sp³-hybridized carbons (Fsp3) is 0.600. The Hall–Kier alpha value is -1.08. The van der Waals surface area contributed by atoms with Gasteiger partial charge in [-0.25, -0.2) is 13.1 Å². The molecule has 0 aliphatic carbocycles. The van der Waals surface area contributed by atoms with Crippen molar-refractivity contribution in [2.24, 2.45) is 0 Å². The molecule has 0 fully saturated rings. The molecule has 0 spiro atoms. The van der Waals surface area contributed by atoms with E-state index in [1.165, 1.54) is 6.07 Å². The van der Waals surface area contributed by atoms with Crippen LogP contribution >= 0.6 is 0 Å². The lowest BCUT2D eigenvalue weighted by Crippen LogP contribution is -2.35. The summed E-state index contributed by atoms with van der Waals surface area (Å²) in [7, 11) is -4.22. The lowest BCUT2D eigenvalue weighted by molar-refractivity contribution is -0.121. The molecule has 0 atom stereocenters. The first-order valence-corrected chi connectivity index (χ1v) is 8.43. The molecule has 0 bridgehead atoms. The van der Waals surface area contributed by atoms with E-state index < -0.39 is 28.2 Å². The highest BCUT2D eigenvalue weighted by Crippen LogP contribution is 2.32. The molecule has 0 unspecified atom stereocenters. The average Bonchev–Trinajstić information content (AvgIpc) is 2.34. The van der Waals surface area contributed by atoms with Gasteiger partial charge < -0.3 is 0 Å². The fourth-order valence-electron chi connectivity index (χ4n) is 1.98. The van der Waals surface area contributed by atoms with Gasteiger partial charge in [0.1, 0.15) is 6.54 Å². The van der Waals surface area contributed by atoms with Gasteiger partial charge in [-0.3, -0.25) is 0 Å². The maximum absolute atomic E-state index is 12.3. The minimum Gasteiger partial charge on any atom is -0.207 e. The maximum atomic E-state index is 12.3. The molecule has 0 radical (unpaired) electrons. The Bertz CT molecular complexity index is 629. The lowest BCUT2D eigenvalue weighted by atomic mass is 9.85. The Balaban J connectivity index is 3.34. The molecule has 0 saturated heterocycles. The van der Waals surface area contributed by atoms with Gasteiger partial charge in [0.2, 0.25) is 10.0 Å². The van der Waals surface area contributed by atoms with E-state index in [4.69, 9.17) is 0 Å². The van der Waals surface area contributed by atoms with E-state index in [0.717, 1.165) is 5.56 Å². The van der Waals surface area contributed by atoms with Gasteiger partial charge >= 0.3 is 6.18 Å². The molecule has 1 aromatic carbocycles. The van der Waals surface area contributed by atoms with Crippen LogP contribution in [0.25, 0.3) is 0 Å². The van der Waals surface area contributed by atoms with E-state index in [9.17, 15) is 21.6 Å². The van der Waals surface area contributed by atoms with Crippen LogP contribution < -0.4 is 4.72 Å². The number of sulfonamides is 1. The van der Waals surface area contributed by atoms with Crippen molar-refractivity contribution < 1.29 is 21.6 Å². The fourth-order valence-corrected chi connectivity index (χ4v) is 3.39. The number of hydrogen-bond donors (Lipinski definition) is 1. The second-order valence-corrected chi connectivity index (χ2v) is 8.34. The SMILES string of the molecule is CC(C)c1ccc(S(=O)(=O)NCC(F)(F)F)c(C(C)(C)C)c1. The predicted molar refractivity (Wildman–Crippen MR) is 80.5 cm³/mol. The molecule has 0 aromatic heterocycles. The summed E-state index contributed by atoms with van der Waals surface area (Å²) < 4.78 is 62.9. The lowest BCUT2D eigenvalue weighted by Gasteiger charge is -2.24. The van der Waals surface area contributed by atoms with Crippen molar-refractivity contribution in [3.63, 3.8) is 0 Å². The van der Waals surface area contributed by atoms with E-state index in [1.807, 2.05) is 34.6 Å². The number of benzene rings is 1. The highest BCUT2D eigenvalue weighted by atomic mass is 32.2. The Kier molecular flexibility index (Phi) is 5.34. The maximum Gasteiger partial charge on any atom is 0.402 e. The number of hydrogen-bond acceptors (Lipinski definition) is 2. The Labute approximate surface area is 130 Å². The van der Waals surface area contributed by atoms with Crippen LogP contribution in [0.3, 0.4) is 0 Å². The third-order valence-electron chi connectivity index (χ3n) is 3.23. The molecule has 1 N–H and O–H groups in total. The van der Waals surface area contributed by atoms with Crippen molar-refractivity contribution in [1.82, 2.24) is 4.72 Å². The van der Waals surface area contributed by atoms with Gasteiger partial charge in [-0.2, -0.15) is 13.2 Å². The quantitative estimate of drug-likeness (QED) is 0.904. The molecule has 0 aliphatic rings. The van der Waals surface area contributed by atoms with Gasteiger partial charge in [-0.05, 0) is 28.5 Å². The second-order valence-electron chi connectivity index (χ2n) is 6.60. The van der Waals surface area contributed by atoms with Crippen LogP contribution in [-0.4, -0.2) is 21.1 Å². The normalized spacial score (nSPS) is 13.7. The van der Waals surface area contributed by atoms with Crippen molar-refractivity contribution in [2.75, 3.05) is 6.54 Å². The molecule has 22 heavy (non-hydrogen) atoms. The van der Waals surface area contributed by atoms with Crippen molar-refractivity contribution in [3.05, 3.63) is 29.3 Å². The van der Waals surface area contributed by atoms with Crippen molar-refractivity contribution in [2.45, 2.75) is 57.0 Å². The predicted octanol–water partition coefficient (Wildman–Crippen LogP) is 3.95. The minimum atomic E-state index is -4.59. The zero-order valence-corrected chi connectivity index (χ0v) is 14.2. The molecule has 0 aliphatic heterocycles. The van der Waals surface area contributed by atoms with E-state index in [1.54, 1.807) is 16.9 Å². The molecule has 0 heterocycles. The largest absolute Gasteiger partial charge is 0.402 e. The van der Waals surface area contributed by atoms with E-state index >= 15 is 0 Å². The molecule has 0 amide bonds. The first kappa shape index (κ1) is 19.0. The summed E-state index contributed by atoms with van der Waals surface area (Å²) in [5.74, 6) is 0.195. The summed E-state index contributed by atoms with van der Waals surface area (Å²) in [5.41, 5.74) is 0.945. The highest BCUT2D eigenvalue weighted by molar-refractivity contribution is 7.89. The summed E-state index contributed by atoms with van der Waals surface area (Å²) in [5, 5.41) is 0. The van der Waals surface area contributed by atoms with Crippen LogP contribution in [0.1, 0.15) is 51.7 Å². The van der Waals surface area contributed by atoms with Gasteiger partial charge in [-0.1, -0.05) is 46.8 Å². The Morgan fingerprint density at radius 1 is 1.14 bits per heavy atom. The zero-order chi connectivity index (χ0) is 17.3. The number of halogens is 3. The van der Waals surface area contributed by atoms with Gasteiger partial charge in [0.25, 0.3) is 0 Å². The third-order valence-corrected chi connectivity index (χ3v) is 4.69. The van der Waals surface area contributed by atoms with Crippen molar-refractivity contribution in [1.29, 1.82) is 0 Å².